The lowest BCUT2D eigenvalue weighted by Gasteiger charge is -2.26. The van der Waals surface area contributed by atoms with E-state index in [1.807, 2.05) is 18.2 Å². The van der Waals surface area contributed by atoms with Gasteiger partial charge < -0.3 is 19.3 Å². The summed E-state index contributed by atoms with van der Waals surface area (Å²) in [7, 11) is 0. The van der Waals surface area contributed by atoms with Crippen LogP contribution in [0, 0.1) is 0 Å². The maximum Gasteiger partial charge on any atom is 0.231 e. The predicted octanol–water partition coefficient (Wildman–Crippen LogP) is 3.19. The van der Waals surface area contributed by atoms with Gasteiger partial charge in [-0.3, -0.25) is 4.90 Å². The molecule has 0 aliphatic carbocycles. The Morgan fingerprint density at radius 1 is 1.28 bits per heavy atom. The predicted molar refractivity (Wildman–Crippen MR) is 96.1 cm³/mol. The smallest absolute Gasteiger partial charge is 0.231 e. The number of benzene rings is 1. The number of thiophene rings is 1. The first-order valence-corrected chi connectivity index (χ1v) is 9.59. The van der Waals surface area contributed by atoms with Crippen LogP contribution in [-0.2, 0) is 11.3 Å². The van der Waals surface area contributed by atoms with Crippen LogP contribution in [0.2, 0.25) is 0 Å². The van der Waals surface area contributed by atoms with Crippen molar-refractivity contribution in [2.24, 2.45) is 0 Å². The van der Waals surface area contributed by atoms with Crippen LogP contribution in [0.1, 0.15) is 29.3 Å². The molecule has 2 aliphatic rings. The van der Waals surface area contributed by atoms with E-state index < -0.39 is 6.10 Å². The molecule has 2 aromatic rings. The van der Waals surface area contributed by atoms with E-state index in [0.717, 1.165) is 23.6 Å². The van der Waals surface area contributed by atoms with E-state index in [9.17, 15) is 5.11 Å². The first-order valence-electron chi connectivity index (χ1n) is 8.71. The Morgan fingerprint density at radius 3 is 3.08 bits per heavy atom. The second-order valence-electron chi connectivity index (χ2n) is 6.52. The lowest BCUT2D eigenvalue weighted by molar-refractivity contribution is 0.00789. The summed E-state index contributed by atoms with van der Waals surface area (Å²) in [6.45, 7) is 2.77. The number of likely N-dealkylation sites (tertiary alicyclic amines) is 1. The van der Waals surface area contributed by atoms with Crippen LogP contribution in [0.15, 0.2) is 35.7 Å². The first kappa shape index (κ1) is 16.8. The van der Waals surface area contributed by atoms with Gasteiger partial charge in [0.05, 0.1) is 19.3 Å². The highest BCUT2D eigenvalue weighted by atomic mass is 32.1. The SMILES string of the molecule is O[C@@H](COCc1ccc2c(c1)OCO2)CN1CCC[C@@H]1c1cccs1. The Labute approximate surface area is 151 Å². The van der Waals surface area contributed by atoms with E-state index in [1.54, 1.807) is 11.3 Å². The summed E-state index contributed by atoms with van der Waals surface area (Å²) in [4.78, 5) is 3.77. The van der Waals surface area contributed by atoms with Crippen molar-refractivity contribution in [1.29, 1.82) is 0 Å². The van der Waals surface area contributed by atoms with Crippen molar-refractivity contribution < 1.29 is 19.3 Å². The molecule has 3 heterocycles. The third kappa shape index (κ3) is 3.98. The molecule has 6 heteroatoms. The maximum atomic E-state index is 10.3. The molecule has 0 saturated carbocycles. The Balaban J connectivity index is 1.24. The van der Waals surface area contributed by atoms with Gasteiger partial charge in [-0.25, -0.2) is 0 Å². The molecule has 0 spiro atoms. The quantitative estimate of drug-likeness (QED) is 0.821. The molecule has 134 valence electrons. The van der Waals surface area contributed by atoms with Crippen LogP contribution < -0.4 is 9.47 Å². The summed E-state index contributed by atoms with van der Waals surface area (Å²) in [6.07, 6.45) is 1.88. The van der Waals surface area contributed by atoms with Gasteiger partial charge in [0.2, 0.25) is 6.79 Å². The van der Waals surface area contributed by atoms with Gasteiger partial charge in [0.25, 0.3) is 0 Å². The number of aliphatic hydroxyl groups excluding tert-OH is 1. The van der Waals surface area contributed by atoms with Crippen LogP contribution in [-0.4, -0.2) is 42.6 Å². The number of hydrogen-bond donors (Lipinski definition) is 1. The van der Waals surface area contributed by atoms with E-state index in [2.05, 4.69) is 22.4 Å². The van der Waals surface area contributed by atoms with Gasteiger partial charge in [-0.05, 0) is 48.5 Å². The number of β-amino-alcohol motifs (C(OH)–C–C–N with tert-alkyl or cyclic N) is 1. The van der Waals surface area contributed by atoms with Gasteiger partial charge in [-0.2, -0.15) is 0 Å². The fraction of sp³-hybridized carbons (Fsp3) is 0.474. The Bertz CT molecular complexity index is 691. The van der Waals surface area contributed by atoms with E-state index in [0.29, 0.717) is 25.8 Å². The summed E-state index contributed by atoms with van der Waals surface area (Å²) in [6, 6.07) is 10.5. The van der Waals surface area contributed by atoms with Crippen LogP contribution >= 0.6 is 11.3 Å². The van der Waals surface area contributed by atoms with Gasteiger partial charge in [0, 0.05) is 17.5 Å². The van der Waals surface area contributed by atoms with Gasteiger partial charge >= 0.3 is 0 Å². The number of rotatable bonds is 7. The highest BCUT2D eigenvalue weighted by molar-refractivity contribution is 7.10. The molecule has 1 N–H and O–H groups in total. The van der Waals surface area contributed by atoms with Gasteiger partial charge in [-0.15, -0.1) is 11.3 Å². The van der Waals surface area contributed by atoms with E-state index in [1.165, 1.54) is 17.7 Å². The minimum Gasteiger partial charge on any atom is -0.454 e. The van der Waals surface area contributed by atoms with Crippen LogP contribution in [0.25, 0.3) is 0 Å². The number of nitrogens with zero attached hydrogens (tertiary/aromatic N) is 1. The molecule has 1 fully saturated rings. The van der Waals surface area contributed by atoms with Crippen molar-refractivity contribution >= 4 is 11.3 Å². The molecule has 2 aliphatic heterocycles. The number of aliphatic hydroxyl groups is 1. The van der Waals surface area contributed by atoms with Gasteiger partial charge in [0.1, 0.15) is 0 Å². The number of fused-ring (bicyclic) bond motifs is 1. The van der Waals surface area contributed by atoms with Crippen molar-refractivity contribution in [2.45, 2.75) is 31.6 Å². The Hall–Kier alpha value is -1.60. The second kappa shape index (κ2) is 7.74. The number of hydrogen-bond acceptors (Lipinski definition) is 6. The van der Waals surface area contributed by atoms with Gasteiger partial charge in [-0.1, -0.05) is 12.1 Å². The van der Waals surface area contributed by atoms with Crippen LogP contribution in [0.4, 0.5) is 0 Å². The zero-order valence-electron chi connectivity index (χ0n) is 14.1. The van der Waals surface area contributed by atoms with Crippen molar-refractivity contribution in [3.05, 3.63) is 46.2 Å². The molecule has 5 nitrogen and oxygen atoms in total. The summed E-state index contributed by atoms with van der Waals surface area (Å²) < 4.78 is 16.4. The average molecular weight is 361 g/mol. The average Bonchev–Trinajstić information content (AvgIpc) is 3.35. The third-order valence-corrected chi connectivity index (χ3v) is 5.67. The Kier molecular flexibility index (Phi) is 5.22. The molecule has 1 aromatic carbocycles. The minimum atomic E-state index is -0.477. The molecule has 0 unspecified atom stereocenters. The lowest BCUT2D eigenvalue weighted by atomic mass is 10.2. The van der Waals surface area contributed by atoms with Crippen LogP contribution in [0.5, 0.6) is 11.5 Å². The topological polar surface area (TPSA) is 51.2 Å². The van der Waals surface area contributed by atoms with Crippen molar-refractivity contribution in [3.63, 3.8) is 0 Å². The highest BCUT2D eigenvalue weighted by Crippen LogP contribution is 2.34. The molecule has 0 bridgehead atoms. The second-order valence-corrected chi connectivity index (χ2v) is 7.50. The minimum absolute atomic E-state index is 0.277. The third-order valence-electron chi connectivity index (χ3n) is 4.70. The molecule has 4 rings (SSSR count). The fourth-order valence-corrected chi connectivity index (χ4v) is 4.41. The van der Waals surface area contributed by atoms with E-state index in [4.69, 9.17) is 14.2 Å². The standard InChI is InChI=1S/C19H23NO4S/c21-15(10-20-7-1-3-16(20)19-4-2-8-25-19)12-22-11-14-5-6-17-18(9-14)24-13-23-17/h2,4-6,8-9,15-16,21H,1,3,7,10-13H2/t15-,16-/m1/s1. The zero-order valence-corrected chi connectivity index (χ0v) is 14.9. The molecule has 2 atom stereocenters. The maximum absolute atomic E-state index is 10.3. The summed E-state index contributed by atoms with van der Waals surface area (Å²) in [5, 5.41) is 12.5. The molecule has 1 aromatic heterocycles. The summed E-state index contributed by atoms with van der Waals surface area (Å²) in [5.74, 6) is 1.54. The Morgan fingerprint density at radius 2 is 2.20 bits per heavy atom. The molecule has 0 radical (unpaired) electrons. The van der Waals surface area contributed by atoms with Crippen molar-refractivity contribution in [3.8, 4) is 11.5 Å². The number of ether oxygens (including phenoxy) is 3. The van der Waals surface area contributed by atoms with Crippen LogP contribution in [0.3, 0.4) is 0 Å². The fourth-order valence-electron chi connectivity index (χ4n) is 3.51. The van der Waals surface area contributed by atoms with Crippen molar-refractivity contribution in [1.82, 2.24) is 4.90 Å². The van der Waals surface area contributed by atoms with E-state index >= 15 is 0 Å². The van der Waals surface area contributed by atoms with Gasteiger partial charge in [0.15, 0.2) is 11.5 Å². The largest absolute Gasteiger partial charge is 0.454 e. The summed E-state index contributed by atoms with van der Waals surface area (Å²) >= 11 is 1.80. The van der Waals surface area contributed by atoms with Crippen molar-refractivity contribution in [2.75, 3.05) is 26.5 Å². The normalized spacial score (nSPS) is 20.9. The lowest BCUT2D eigenvalue weighted by Crippen LogP contribution is -2.34. The molecular weight excluding hydrogens is 338 g/mol. The first-order chi connectivity index (χ1) is 12.3. The molecule has 0 amide bonds. The molecule has 25 heavy (non-hydrogen) atoms. The molecular formula is C19H23NO4S. The monoisotopic (exact) mass is 361 g/mol. The van der Waals surface area contributed by atoms with E-state index in [-0.39, 0.29) is 6.79 Å². The molecule has 1 saturated heterocycles. The highest BCUT2D eigenvalue weighted by Gasteiger charge is 2.28. The zero-order chi connectivity index (χ0) is 17.1. The summed E-state index contributed by atoms with van der Waals surface area (Å²) in [5.41, 5.74) is 1.02.